The third kappa shape index (κ3) is 3.14. The summed E-state index contributed by atoms with van der Waals surface area (Å²) < 4.78 is 0.733. The minimum atomic E-state index is -0.0290. The molecule has 2 aromatic rings. The normalized spacial score (nSPS) is 10.6. The van der Waals surface area contributed by atoms with Gasteiger partial charge in [-0.1, -0.05) is 17.7 Å². The van der Waals surface area contributed by atoms with Crippen LogP contribution in [-0.4, -0.2) is 17.9 Å². The van der Waals surface area contributed by atoms with Crippen LogP contribution in [0, 0.1) is 13.8 Å². The van der Waals surface area contributed by atoms with Gasteiger partial charge in [0.1, 0.15) is 0 Å². The fraction of sp³-hybridized carbons (Fsp3) is 0.267. The van der Waals surface area contributed by atoms with E-state index in [0.29, 0.717) is 17.8 Å². The molecule has 1 amide bonds. The Morgan fingerprint density at radius 2 is 2.00 bits per heavy atom. The summed E-state index contributed by atoms with van der Waals surface area (Å²) in [5.74, 6) is -0.0290. The van der Waals surface area contributed by atoms with Crippen LogP contribution in [-0.2, 0) is 6.54 Å². The van der Waals surface area contributed by atoms with Crippen molar-refractivity contribution in [2.45, 2.75) is 20.4 Å². The zero-order chi connectivity index (χ0) is 14.9. The number of rotatable bonds is 3. The number of hydrogen-bond acceptors (Lipinski definition) is 3. The molecule has 1 aromatic heterocycles. The largest absolute Gasteiger partial charge is 0.398 e. The Hall–Kier alpha value is -1.52. The molecule has 0 saturated heterocycles. The molecule has 106 valence electrons. The first-order valence-corrected chi connectivity index (χ1v) is 7.44. The number of nitrogens with two attached hydrogens (primary N) is 1. The van der Waals surface area contributed by atoms with Gasteiger partial charge in [0.05, 0.1) is 10.9 Å². The number of aryl methyl sites for hydroxylation is 2. The number of halogens is 1. The fourth-order valence-corrected chi connectivity index (χ4v) is 3.19. The minimum absolute atomic E-state index is 0.0290. The van der Waals surface area contributed by atoms with Crippen LogP contribution < -0.4 is 5.73 Å². The molecule has 0 unspecified atom stereocenters. The monoisotopic (exact) mass is 308 g/mol. The van der Waals surface area contributed by atoms with Gasteiger partial charge in [0.25, 0.3) is 5.91 Å². The van der Waals surface area contributed by atoms with Crippen LogP contribution in [0.2, 0.25) is 4.34 Å². The van der Waals surface area contributed by atoms with E-state index in [4.69, 9.17) is 17.3 Å². The van der Waals surface area contributed by atoms with Crippen LogP contribution in [0.4, 0.5) is 5.69 Å². The van der Waals surface area contributed by atoms with Gasteiger partial charge in [0, 0.05) is 23.2 Å². The molecule has 0 atom stereocenters. The Bertz CT molecular complexity index is 651. The highest BCUT2D eigenvalue weighted by Crippen LogP contribution is 2.24. The second-order valence-electron chi connectivity index (χ2n) is 4.89. The van der Waals surface area contributed by atoms with E-state index in [-0.39, 0.29) is 5.91 Å². The van der Waals surface area contributed by atoms with Gasteiger partial charge >= 0.3 is 0 Å². The topological polar surface area (TPSA) is 46.3 Å². The first kappa shape index (κ1) is 14.9. The maximum absolute atomic E-state index is 12.5. The van der Waals surface area contributed by atoms with E-state index < -0.39 is 0 Å². The third-order valence-corrected chi connectivity index (χ3v) is 4.43. The number of nitrogen functional groups attached to an aromatic ring is 1. The lowest BCUT2D eigenvalue weighted by Crippen LogP contribution is -2.26. The summed E-state index contributed by atoms with van der Waals surface area (Å²) in [6.07, 6.45) is 0. The van der Waals surface area contributed by atoms with Gasteiger partial charge in [-0.15, -0.1) is 11.3 Å². The van der Waals surface area contributed by atoms with Gasteiger partial charge in [-0.05, 0) is 43.2 Å². The van der Waals surface area contributed by atoms with Crippen molar-refractivity contribution >= 4 is 34.5 Å². The Morgan fingerprint density at radius 1 is 1.30 bits per heavy atom. The number of carbonyl (C=O) groups excluding carboxylic acids is 1. The van der Waals surface area contributed by atoms with Crippen molar-refractivity contribution in [1.29, 1.82) is 0 Å². The molecule has 0 radical (unpaired) electrons. The Labute approximate surface area is 128 Å². The lowest BCUT2D eigenvalue weighted by Gasteiger charge is -2.18. The van der Waals surface area contributed by atoms with E-state index in [1.807, 2.05) is 32.0 Å². The number of hydrogen-bond donors (Lipinski definition) is 1. The Morgan fingerprint density at radius 3 is 2.60 bits per heavy atom. The molecule has 5 heteroatoms. The molecule has 0 aliphatic rings. The molecule has 0 aliphatic carbocycles. The third-order valence-electron chi connectivity index (χ3n) is 3.21. The van der Waals surface area contributed by atoms with E-state index in [1.54, 1.807) is 18.0 Å². The summed E-state index contributed by atoms with van der Waals surface area (Å²) in [5.41, 5.74) is 9.13. The number of benzene rings is 1. The SMILES string of the molecule is Cc1cc(C)c(C(=O)N(C)Cc2ccc(Cl)s2)cc1N. The van der Waals surface area contributed by atoms with Crippen molar-refractivity contribution < 1.29 is 4.79 Å². The standard InChI is InChI=1S/C15H17ClN2OS/c1-9-6-10(2)13(17)7-12(9)15(19)18(3)8-11-4-5-14(16)20-11/h4-7H,8,17H2,1-3H3. The van der Waals surface area contributed by atoms with E-state index in [1.165, 1.54) is 11.3 Å². The van der Waals surface area contributed by atoms with Crippen molar-refractivity contribution in [2.24, 2.45) is 0 Å². The lowest BCUT2D eigenvalue weighted by atomic mass is 10.0. The van der Waals surface area contributed by atoms with Gasteiger partial charge < -0.3 is 10.6 Å². The van der Waals surface area contributed by atoms with Crippen LogP contribution in [0.3, 0.4) is 0 Å². The van der Waals surface area contributed by atoms with Crippen molar-refractivity contribution in [3.8, 4) is 0 Å². The summed E-state index contributed by atoms with van der Waals surface area (Å²) in [6.45, 7) is 4.41. The lowest BCUT2D eigenvalue weighted by molar-refractivity contribution is 0.0786. The van der Waals surface area contributed by atoms with Gasteiger partial charge in [-0.2, -0.15) is 0 Å². The molecular formula is C15H17ClN2OS. The molecule has 0 aliphatic heterocycles. The zero-order valence-electron chi connectivity index (χ0n) is 11.7. The smallest absolute Gasteiger partial charge is 0.254 e. The molecule has 0 saturated carbocycles. The Kier molecular flexibility index (Phi) is 4.35. The van der Waals surface area contributed by atoms with Crippen molar-refractivity contribution in [3.05, 3.63) is 50.2 Å². The molecule has 2 rings (SSSR count). The highest BCUT2D eigenvalue weighted by atomic mass is 35.5. The van der Waals surface area contributed by atoms with Crippen LogP contribution in [0.25, 0.3) is 0 Å². The van der Waals surface area contributed by atoms with Crippen LogP contribution in [0.1, 0.15) is 26.4 Å². The average Bonchev–Trinajstić information content (AvgIpc) is 2.78. The van der Waals surface area contributed by atoms with Gasteiger partial charge in [0.2, 0.25) is 0 Å². The zero-order valence-corrected chi connectivity index (χ0v) is 13.3. The molecule has 1 heterocycles. The predicted molar refractivity (Wildman–Crippen MR) is 85.5 cm³/mol. The van der Waals surface area contributed by atoms with Crippen LogP contribution in [0.15, 0.2) is 24.3 Å². The quantitative estimate of drug-likeness (QED) is 0.875. The molecule has 3 nitrogen and oxygen atoms in total. The fourth-order valence-electron chi connectivity index (χ4n) is 2.05. The second kappa shape index (κ2) is 5.85. The maximum Gasteiger partial charge on any atom is 0.254 e. The molecule has 20 heavy (non-hydrogen) atoms. The van der Waals surface area contributed by atoms with Gasteiger partial charge in [-0.3, -0.25) is 4.79 Å². The number of anilines is 1. The predicted octanol–water partition coefficient (Wildman–Crippen LogP) is 3.87. The molecular weight excluding hydrogens is 292 g/mol. The highest BCUT2D eigenvalue weighted by Gasteiger charge is 2.16. The molecule has 2 N–H and O–H groups in total. The van der Waals surface area contributed by atoms with Crippen LogP contribution >= 0.6 is 22.9 Å². The molecule has 0 spiro atoms. The summed E-state index contributed by atoms with van der Waals surface area (Å²) in [7, 11) is 1.78. The maximum atomic E-state index is 12.5. The van der Waals surface area contributed by atoms with Gasteiger partial charge in [0.15, 0.2) is 0 Å². The first-order chi connectivity index (χ1) is 9.38. The van der Waals surface area contributed by atoms with Crippen LogP contribution in [0.5, 0.6) is 0 Å². The molecule has 0 bridgehead atoms. The molecule has 1 aromatic carbocycles. The first-order valence-electron chi connectivity index (χ1n) is 6.25. The number of nitrogens with zero attached hydrogens (tertiary/aromatic N) is 1. The number of carbonyl (C=O) groups is 1. The van der Waals surface area contributed by atoms with Gasteiger partial charge in [-0.25, -0.2) is 0 Å². The summed E-state index contributed by atoms with van der Waals surface area (Å²) in [6, 6.07) is 7.48. The van der Waals surface area contributed by atoms with Crippen molar-refractivity contribution in [1.82, 2.24) is 4.90 Å². The summed E-state index contributed by atoms with van der Waals surface area (Å²) in [5, 5.41) is 0. The Balaban J connectivity index is 2.20. The van der Waals surface area contributed by atoms with Crippen molar-refractivity contribution in [2.75, 3.05) is 12.8 Å². The highest BCUT2D eigenvalue weighted by molar-refractivity contribution is 7.16. The summed E-state index contributed by atoms with van der Waals surface area (Å²) >= 11 is 7.39. The van der Waals surface area contributed by atoms with E-state index in [0.717, 1.165) is 20.3 Å². The van der Waals surface area contributed by atoms with E-state index in [2.05, 4.69) is 0 Å². The summed E-state index contributed by atoms with van der Waals surface area (Å²) in [4.78, 5) is 15.2. The number of amides is 1. The number of thiophene rings is 1. The van der Waals surface area contributed by atoms with Crippen molar-refractivity contribution in [3.63, 3.8) is 0 Å². The van der Waals surface area contributed by atoms with E-state index in [9.17, 15) is 4.79 Å². The second-order valence-corrected chi connectivity index (χ2v) is 6.69. The average molecular weight is 309 g/mol. The molecule has 0 fully saturated rings. The van der Waals surface area contributed by atoms with E-state index >= 15 is 0 Å². The minimum Gasteiger partial charge on any atom is -0.398 e.